The smallest absolute Gasteiger partial charge is 0.343 e. The van der Waals surface area contributed by atoms with E-state index in [-0.39, 0.29) is 5.63 Å². The van der Waals surface area contributed by atoms with E-state index in [1.54, 1.807) is 7.11 Å². The number of hydrogen-bond acceptors (Lipinski definition) is 3. The number of fused-ring (bicyclic) bond motifs is 1. The van der Waals surface area contributed by atoms with Crippen molar-refractivity contribution in [3.63, 3.8) is 0 Å². The molecule has 0 amide bonds. The summed E-state index contributed by atoms with van der Waals surface area (Å²) in [4.78, 5) is 12.1. The lowest BCUT2D eigenvalue weighted by molar-refractivity contribution is 0.415. The predicted molar refractivity (Wildman–Crippen MR) is 73.0 cm³/mol. The van der Waals surface area contributed by atoms with Crippen LogP contribution in [0, 0.1) is 0 Å². The van der Waals surface area contributed by atoms with Crippen LogP contribution in [0.3, 0.4) is 0 Å². The fourth-order valence-corrected chi connectivity index (χ4v) is 2.84. The van der Waals surface area contributed by atoms with Gasteiger partial charge in [-0.15, -0.1) is 0 Å². The molecule has 1 aromatic heterocycles. The first kappa shape index (κ1) is 11.1. The number of benzene rings is 1. The van der Waals surface area contributed by atoms with E-state index >= 15 is 0 Å². The van der Waals surface area contributed by atoms with E-state index in [9.17, 15) is 4.79 Å². The van der Waals surface area contributed by atoms with Crippen molar-refractivity contribution in [1.29, 1.82) is 0 Å². The lowest BCUT2D eigenvalue weighted by Gasteiger charge is -2.11. The van der Waals surface area contributed by atoms with Gasteiger partial charge >= 0.3 is 5.63 Å². The summed E-state index contributed by atoms with van der Waals surface area (Å²) in [5, 5.41) is 1.73. The van der Waals surface area contributed by atoms with Crippen molar-refractivity contribution in [2.75, 3.05) is 7.11 Å². The average molecular weight is 256 g/mol. The minimum absolute atomic E-state index is 0.205. The van der Waals surface area contributed by atoms with Gasteiger partial charge in [0.15, 0.2) is 0 Å². The molecule has 0 bridgehead atoms. The summed E-state index contributed by atoms with van der Waals surface area (Å²) < 4.78 is 10.9. The first-order valence-corrected chi connectivity index (χ1v) is 6.92. The first-order valence-electron chi connectivity index (χ1n) is 6.92. The number of ether oxygens (including phenoxy) is 1. The van der Waals surface area contributed by atoms with Crippen LogP contribution in [0.5, 0.6) is 5.75 Å². The normalized spacial score (nSPS) is 18.8. The van der Waals surface area contributed by atoms with Crippen LogP contribution in [0.2, 0.25) is 0 Å². The minimum atomic E-state index is -0.205. The largest absolute Gasteiger partial charge is 0.497 e. The van der Waals surface area contributed by atoms with Crippen molar-refractivity contribution in [3.05, 3.63) is 39.9 Å². The van der Waals surface area contributed by atoms with E-state index in [0.717, 1.165) is 29.7 Å². The molecule has 2 fully saturated rings. The Hall–Kier alpha value is -1.77. The van der Waals surface area contributed by atoms with Crippen LogP contribution in [0.25, 0.3) is 10.8 Å². The van der Waals surface area contributed by atoms with E-state index in [0.29, 0.717) is 17.2 Å². The van der Waals surface area contributed by atoms with E-state index in [1.807, 2.05) is 18.2 Å². The molecule has 0 N–H and O–H groups in total. The third-order valence-corrected chi connectivity index (χ3v) is 4.14. The number of rotatable bonds is 3. The van der Waals surface area contributed by atoms with Crippen molar-refractivity contribution in [3.8, 4) is 5.75 Å². The lowest BCUT2D eigenvalue weighted by Crippen LogP contribution is -2.06. The third kappa shape index (κ3) is 1.76. The van der Waals surface area contributed by atoms with Crippen molar-refractivity contribution < 1.29 is 9.15 Å². The molecule has 0 saturated heterocycles. The molecule has 2 saturated carbocycles. The summed E-state index contributed by atoms with van der Waals surface area (Å²) in [6, 6.07) is 5.64. The van der Waals surface area contributed by atoms with Gasteiger partial charge in [0.2, 0.25) is 0 Å². The van der Waals surface area contributed by atoms with Gasteiger partial charge in [0.25, 0.3) is 0 Å². The van der Waals surface area contributed by atoms with Gasteiger partial charge in [-0.3, -0.25) is 0 Å². The van der Waals surface area contributed by atoms with E-state index in [4.69, 9.17) is 9.15 Å². The molecular weight excluding hydrogens is 240 g/mol. The second kappa shape index (κ2) is 3.86. The zero-order valence-electron chi connectivity index (χ0n) is 10.9. The Labute approximate surface area is 111 Å². The van der Waals surface area contributed by atoms with Crippen molar-refractivity contribution in [2.45, 2.75) is 37.5 Å². The number of hydrogen-bond donors (Lipinski definition) is 0. The van der Waals surface area contributed by atoms with Crippen LogP contribution in [-0.2, 0) is 0 Å². The standard InChI is InChI=1S/C16H16O3/c1-18-11-6-7-12-13(8-11)14(9-2-3-9)15(10-4-5-10)19-16(12)17/h6-10H,2-5H2,1H3. The second-order valence-corrected chi connectivity index (χ2v) is 5.63. The maximum absolute atomic E-state index is 12.1. The Balaban J connectivity index is 2.06. The highest BCUT2D eigenvalue weighted by Crippen LogP contribution is 2.51. The summed E-state index contributed by atoms with van der Waals surface area (Å²) in [5.74, 6) is 2.81. The molecule has 0 aliphatic heterocycles. The molecular formula is C16H16O3. The van der Waals surface area contributed by atoms with Crippen LogP contribution in [0.1, 0.15) is 48.8 Å². The summed E-state index contributed by atoms with van der Waals surface area (Å²) in [5.41, 5.74) is 1.07. The molecule has 0 unspecified atom stereocenters. The fraction of sp³-hybridized carbons (Fsp3) is 0.438. The van der Waals surface area contributed by atoms with Crippen LogP contribution < -0.4 is 10.4 Å². The first-order chi connectivity index (χ1) is 9.28. The Morgan fingerprint density at radius 3 is 2.47 bits per heavy atom. The van der Waals surface area contributed by atoms with Crippen LogP contribution in [-0.4, -0.2) is 7.11 Å². The minimum Gasteiger partial charge on any atom is -0.497 e. The van der Waals surface area contributed by atoms with Crippen molar-refractivity contribution >= 4 is 10.8 Å². The van der Waals surface area contributed by atoms with Crippen LogP contribution in [0.4, 0.5) is 0 Å². The molecule has 1 aromatic carbocycles. The molecule has 2 aliphatic carbocycles. The Kier molecular flexibility index (Phi) is 2.25. The highest BCUT2D eigenvalue weighted by Gasteiger charge is 2.36. The maximum atomic E-state index is 12.1. The van der Waals surface area contributed by atoms with Gasteiger partial charge in [0.05, 0.1) is 12.5 Å². The van der Waals surface area contributed by atoms with Gasteiger partial charge in [-0.25, -0.2) is 4.79 Å². The lowest BCUT2D eigenvalue weighted by atomic mass is 9.99. The Morgan fingerprint density at radius 1 is 1.11 bits per heavy atom. The van der Waals surface area contributed by atoms with Crippen molar-refractivity contribution in [1.82, 2.24) is 0 Å². The monoisotopic (exact) mass is 256 g/mol. The molecule has 0 atom stereocenters. The summed E-state index contributed by atoms with van der Waals surface area (Å²) in [7, 11) is 1.66. The molecule has 0 radical (unpaired) electrons. The zero-order valence-corrected chi connectivity index (χ0v) is 10.9. The molecule has 3 heteroatoms. The molecule has 0 spiro atoms. The van der Waals surface area contributed by atoms with Gasteiger partial charge in [0, 0.05) is 11.5 Å². The molecule has 98 valence electrons. The number of methoxy groups -OCH3 is 1. The second-order valence-electron chi connectivity index (χ2n) is 5.63. The molecule has 3 nitrogen and oxygen atoms in total. The highest BCUT2D eigenvalue weighted by molar-refractivity contribution is 5.87. The molecule has 2 aromatic rings. The molecule has 4 rings (SSSR count). The van der Waals surface area contributed by atoms with Crippen LogP contribution >= 0.6 is 0 Å². The molecule has 2 aliphatic rings. The van der Waals surface area contributed by atoms with Gasteiger partial charge in [0.1, 0.15) is 11.5 Å². The Bertz CT molecular complexity index is 706. The topological polar surface area (TPSA) is 39.4 Å². The predicted octanol–water partition coefficient (Wildman–Crippen LogP) is 3.56. The Morgan fingerprint density at radius 2 is 1.84 bits per heavy atom. The maximum Gasteiger partial charge on any atom is 0.343 e. The van der Waals surface area contributed by atoms with Gasteiger partial charge in [-0.1, -0.05) is 0 Å². The van der Waals surface area contributed by atoms with Crippen LogP contribution in [0.15, 0.2) is 27.4 Å². The summed E-state index contributed by atoms with van der Waals surface area (Å²) in [6.07, 6.45) is 4.72. The fourth-order valence-electron chi connectivity index (χ4n) is 2.84. The highest BCUT2D eigenvalue weighted by atomic mass is 16.5. The zero-order chi connectivity index (χ0) is 13.0. The summed E-state index contributed by atoms with van der Waals surface area (Å²) in [6.45, 7) is 0. The van der Waals surface area contributed by atoms with Gasteiger partial charge in [-0.2, -0.15) is 0 Å². The third-order valence-electron chi connectivity index (χ3n) is 4.14. The van der Waals surface area contributed by atoms with E-state index < -0.39 is 0 Å². The van der Waals surface area contributed by atoms with E-state index in [1.165, 1.54) is 18.4 Å². The molecule has 1 heterocycles. The van der Waals surface area contributed by atoms with Gasteiger partial charge in [-0.05, 0) is 55.2 Å². The van der Waals surface area contributed by atoms with Crippen molar-refractivity contribution in [2.24, 2.45) is 0 Å². The summed E-state index contributed by atoms with van der Waals surface area (Å²) >= 11 is 0. The van der Waals surface area contributed by atoms with E-state index in [2.05, 4.69) is 0 Å². The molecule has 19 heavy (non-hydrogen) atoms. The average Bonchev–Trinajstić information content (AvgIpc) is 3.29. The van der Waals surface area contributed by atoms with Gasteiger partial charge < -0.3 is 9.15 Å². The quantitative estimate of drug-likeness (QED) is 0.843. The SMILES string of the molecule is COc1ccc2c(=O)oc(C3CC3)c(C3CC3)c2c1.